The maximum Gasteiger partial charge on any atom is 0.138 e. The molecule has 3 aromatic carbocycles. The van der Waals surface area contributed by atoms with Gasteiger partial charge in [0, 0.05) is 23.1 Å². The summed E-state index contributed by atoms with van der Waals surface area (Å²) in [4.78, 5) is 11.9. The summed E-state index contributed by atoms with van der Waals surface area (Å²) in [6, 6.07) is 34.5. The zero-order valence-electron chi connectivity index (χ0n) is 24.2. The number of aromatic nitrogens is 2. The van der Waals surface area contributed by atoms with Crippen LogP contribution in [0.3, 0.4) is 0 Å². The zero-order valence-corrected chi connectivity index (χ0v) is 24.2. The Morgan fingerprint density at radius 1 is 0.600 bits per heavy atom. The lowest BCUT2D eigenvalue weighted by Crippen LogP contribution is -2.19. The van der Waals surface area contributed by atoms with Gasteiger partial charge in [0.05, 0.1) is 11.4 Å². The second-order valence-electron chi connectivity index (χ2n) is 12.3. The Labute approximate surface area is 238 Å². The Hall–Kier alpha value is -4.44. The van der Waals surface area contributed by atoms with Gasteiger partial charge in [0.15, 0.2) is 0 Å². The molecule has 0 aliphatic carbocycles. The molecule has 0 saturated heterocycles. The van der Waals surface area contributed by atoms with E-state index in [-0.39, 0.29) is 16.6 Å². The van der Waals surface area contributed by atoms with Crippen LogP contribution < -0.4 is 4.90 Å². The molecular weight excluding hydrogens is 490 g/mol. The Balaban J connectivity index is 1.76. The van der Waals surface area contributed by atoms with E-state index in [2.05, 4.69) is 81.8 Å². The van der Waals surface area contributed by atoms with Crippen molar-refractivity contribution >= 4 is 17.2 Å². The largest absolute Gasteiger partial charge is 0.507 e. The maximum atomic E-state index is 10.6. The highest BCUT2D eigenvalue weighted by Crippen LogP contribution is 2.41. The molecular formula is C36H37N3O. The maximum absolute atomic E-state index is 10.6. The summed E-state index contributed by atoms with van der Waals surface area (Å²) in [7, 11) is 0. The molecule has 40 heavy (non-hydrogen) atoms. The average molecular weight is 528 g/mol. The van der Waals surface area contributed by atoms with Crippen LogP contribution >= 0.6 is 0 Å². The van der Waals surface area contributed by atoms with Gasteiger partial charge in [-0.2, -0.15) is 0 Å². The number of hydrogen-bond acceptors (Lipinski definition) is 4. The molecule has 0 atom stereocenters. The van der Waals surface area contributed by atoms with Crippen LogP contribution in [0.2, 0.25) is 0 Å². The van der Waals surface area contributed by atoms with E-state index >= 15 is 0 Å². The third kappa shape index (κ3) is 5.76. The first kappa shape index (κ1) is 27.1. The summed E-state index contributed by atoms with van der Waals surface area (Å²) >= 11 is 0. The summed E-state index contributed by atoms with van der Waals surface area (Å²) in [5, 5.41) is 10.6. The van der Waals surface area contributed by atoms with Crippen molar-refractivity contribution in [3.8, 4) is 28.3 Å². The molecule has 0 spiro atoms. The van der Waals surface area contributed by atoms with Gasteiger partial charge < -0.3 is 5.11 Å². The lowest BCUT2D eigenvalue weighted by Gasteiger charge is -2.31. The number of aromatic hydroxyl groups is 1. The molecule has 5 rings (SSSR count). The van der Waals surface area contributed by atoms with Crippen molar-refractivity contribution in [2.24, 2.45) is 0 Å². The number of phenolic OH excluding ortho intramolecular Hbond substituents is 1. The van der Waals surface area contributed by atoms with Crippen molar-refractivity contribution in [1.82, 2.24) is 9.97 Å². The number of benzene rings is 3. The topological polar surface area (TPSA) is 49.2 Å². The SMILES string of the molecule is CC(C)(C)c1cc(N(c2cccc(-c3ccccc3O)c2)c2cccc(-c3ccccn3)n2)cc(C(C)(C)C)c1. The van der Waals surface area contributed by atoms with Gasteiger partial charge in [0.25, 0.3) is 0 Å². The first-order chi connectivity index (χ1) is 19.0. The van der Waals surface area contributed by atoms with Crippen LogP contribution in [0.15, 0.2) is 109 Å². The summed E-state index contributed by atoms with van der Waals surface area (Å²) in [6.45, 7) is 13.5. The molecule has 0 aliphatic rings. The predicted molar refractivity (Wildman–Crippen MR) is 167 cm³/mol. The fourth-order valence-corrected chi connectivity index (χ4v) is 4.75. The van der Waals surface area contributed by atoms with Crippen LogP contribution in [0, 0.1) is 0 Å². The van der Waals surface area contributed by atoms with Crippen molar-refractivity contribution < 1.29 is 5.11 Å². The first-order valence-corrected chi connectivity index (χ1v) is 13.7. The van der Waals surface area contributed by atoms with Crippen LogP contribution in [-0.4, -0.2) is 15.1 Å². The molecule has 202 valence electrons. The van der Waals surface area contributed by atoms with Crippen LogP contribution in [-0.2, 0) is 10.8 Å². The minimum absolute atomic E-state index is 0.0391. The monoisotopic (exact) mass is 527 g/mol. The van der Waals surface area contributed by atoms with Crippen LogP contribution in [0.5, 0.6) is 5.75 Å². The van der Waals surface area contributed by atoms with Gasteiger partial charge in [-0.05, 0) is 82.1 Å². The number of pyridine rings is 2. The van der Waals surface area contributed by atoms with Gasteiger partial charge in [-0.15, -0.1) is 0 Å². The number of phenols is 1. The molecule has 0 fully saturated rings. The lowest BCUT2D eigenvalue weighted by molar-refractivity contribution is 0.477. The molecule has 4 nitrogen and oxygen atoms in total. The second-order valence-corrected chi connectivity index (χ2v) is 12.3. The smallest absolute Gasteiger partial charge is 0.138 e. The molecule has 0 aliphatic heterocycles. The molecule has 4 heteroatoms. The highest BCUT2D eigenvalue weighted by atomic mass is 16.3. The normalized spacial score (nSPS) is 11.8. The predicted octanol–water partition coefficient (Wildman–Crippen LogP) is 9.58. The summed E-state index contributed by atoms with van der Waals surface area (Å²) in [5.41, 5.74) is 7.80. The van der Waals surface area contributed by atoms with Gasteiger partial charge in [0.1, 0.15) is 11.6 Å². The van der Waals surface area contributed by atoms with E-state index in [0.717, 1.165) is 39.7 Å². The highest BCUT2D eigenvalue weighted by Gasteiger charge is 2.24. The van der Waals surface area contributed by atoms with E-state index in [4.69, 9.17) is 4.98 Å². The molecule has 0 amide bonds. The van der Waals surface area contributed by atoms with E-state index in [9.17, 15) is 5.11 Å². The number of anilines is 3. The highest BCUT2D eigenvalue weighted by molar-refractivity contribution is 5.81. The molecule has 1 N–H and O–H groups in total. The number of hydrogen-bond donors (Lipinski definition) is 1. The minimum Gasteiger partial charge on any atom is -0.507 e. The number of para-hydroxylation sites is 1. The lowest BCUT2D eigenvalue weighted by atomic mass is 9.80. The quantitative estimate of drug-likeness (QED) is 0.247. The van der Waals surface area contributed by atoms with Gasteiger partial charge in [-0.25, -0.2) is 4.98 Å². The van der Waals surface area contributed by atoms with Crippen molar-refractivity contribution in [3.05, 3.63) is 120 Å². The second kappa shape index (κ2) is 10.6. The third-order valence-corrected chi connectivity index (χ3v) is 7.12. The van der Waals surface area contributed by atoms with Crippen molar-refractivity contribution in [1.29, 1.82) is 0 Å². The fourth-order valence-electron chi connectivity index (χ4n) is 4.75. The number of nitrogens with zero attached hydrogens (tertiary/aromatic N) is 3. The van der Waals surface area contributed by atoms with Crippen molar-refractivity contribution in [3.63, 3.8) is 0 Å². The van der Waals surface area contributed by atoms with E-state index in [1.165, 1.54) is 11.1 Å². The Kier molecular flexibility index (Phi) is 7.20. The summed E-state index contributed by atoms with van der Waals surface area (Å²) in [5.74, 6) is 1.05. The van der Waals surface area contributed by atoms with Crippen molar-refractivity contribution in [2.75, 3.05) is 4.90 Å². The van der Waals surface area contributed by atoms with Crippen molar-refractivity contribution in [2.45, 2.75) is 52.4 Å². The Morgan fingerprint density at radius 2 is 1.25 bits per heavy atom. The summed E-state index contributed by atoms with van der Waals surface area (Å²) in [6.07, 6.45) is 1.79. The van der Waals surface area contributed by atoms with E-state index in [1.54, 1.807) is 12.3 Å². The Morgan fingerprint density at radius 3 is 1.90 bits per heavy atom. The summed E-state index contributed by atoms with van der Waals surface area (Å²) < 4.78 is 0. The van der Waals surface area contributed by atoms with E-state index < -0.39 is 0 Å². The molecule has 2 heterocycles. The van der Waals surface area contributed by atoms with Gasteiger partial charge in [-0.1, -0.05) is 90.1 Å². The fraction of sp³-hybridized carbons (Fsp3) is 0.222. The zero-order chi connectivity index (χ0) is 28.5. The van der Waals surface area contributed by atoms with Gasteiger partial charge in [0.2, 0.25) is 0 Å². The molecule has 0 unspecified atom stereocenters. The molecule has 0 saturated carbocycles. The third-order valence-electron chi connectivity index (χ3n) is 7.12. The Bertz CT molecular complexity index is 1600. The van der Waals surface area contributed by atoms with Crippen LogP contribution in [0.1, 0.15) is 52.7 Å². The number of rotatable bonds is 5. The van der Waals surface area contributed by atoms with E-state index in [0.29, 0.717) is 0 Å². The molecule has 0 bridgehead atoms. The van der Waals surface area contributed by atoms with Crippen LogP contribution in [0.25, 0.3) is 22.5 Å². The van der Waals surface area contributed by atoms with Gasteiger partial charge >= 0.3 is 0 Å². The molecule has 2 aromatic heterocycles. The minimum atomic E-state index is -0.0391. The van der Waals surface area contributed by atoms with Gasteiger partial charge in [-0.3, -0.25) is 9.88 Å². The van der Waals surface area contributed by atoms with Crippen LogP contribution in [0.4, 0.5) is 17.2 Å². The standard InChI is InChI=1S/C36H37N3O/c1-35(2,3)26-22-27(36(4,5)6)24-29(23-26)39(34-19-12-17-32(38-34)31-16-9-10-20-37-31)28-14-11-13-25(21-28)30-15-7-8-18-33(30)40/h7-24,40H,1-6H3. The molecule has 5 aromatic rings. The van der Waals surface area contributed by atoms with E-state index in [1.807, 2.05) is 66.7 Å². The first-order valence-electron chi connectivity index (χ1n) is 13.7. The molecule has 0 radical (unpaired) electrons. The average Bonchev–Trinajstić information content (AvgIpc) is 2.93.